The van der Waals surface area contributed by atoms with Crippen LogP contribution in [0.25, 0.3) is 0 Å². The Kier molecular flexibility index (Phi) is 5.48. The van der Waals surface area contributed by atoms with Crippen LogP contribution in [0, 0.1) is 5.41 Å². The van der Waals surface area contributed by atoms with Crippen molar-refractivity contribution in [3.63, 3.8) is 0 Å². The monoisotopic (exact) mass is 313 g/mol. The van der Waals surface area contributed by atoms with Crippen LogP contribution in [-0.2, 0) is 11.2 Å². The molecule has 1 aliphatic rings. The summed E-state index contributed by atoms with van der Waals surface area (Å²) in [6, 6.07) is 5.38. The minimum atomic E-state index is 0.0333. The van der Waals surface area contributed by atoms with Crippen LogP contribution in [0.3, 0.4) is 0 Å². The van der Waals surface area contributed by atoms with Crippen molar-refractivity contribution >= 4 is 29.0 Å². The Bertz CT molecular complexity index is 481. The lowest BCUT2D eigenvalue weighted by atomic mass is 9.70. The van der Waals surface area contributed by atoms with Gasteiger partial charge in [0.05, 0.1) is 10.0 Å². The molecule has 0 spiro atoms. The summed E-state index contributed by atoms with van der Waals surface area (Å²) >= 11 is 11.9. The highest BCUT2D eigenvalue weighted by Crippen LogP contribution is 2.38. The van der Waals surface area contributed by atoms with E-state index in [2.05, 4.69) is 0 Å². The van der Waals surface area contributed by atoms with E-state index in [1.54, 1.807) is 12.1 Å². The summed E-state index contributed by atoms with van der Waals surface area (Å²) in [6.45, 7) is 0.611. The second-order valence-electron chi connectivity index (χ2n) is 5.91. The molecule has 0 heterocycles. The molecule has 1 aromatic carbocycles. The van der Waals surface area contributed by atoms with Crippen LogP contribution in [0.4, 0.5) is 0 Å². The predicted octanol–water partition coefficient (Wildman–Crippen LogP) is 4.40. The number of hydrogen-bond donors (Lipinski definition) is 1. The summed E-state index contributed by atoms with van der Waals surface area (Å²) in [4.78, 5) is 12.3. The molecule has 0 saturated heterocycles. The van der Waals surface area contributed by atoms with Crippen molar-refractivity contribution in [1.29, 1.82) is 0 Å². The fourth-order valence-electron chi connectivity index (χ4n) is 3.11. The molecule has 110 valence electrons. The number of rotatable bonds is 5. The van der Waals surface area contributed by atoms with E-state index < -0.39 is 0 Å². The molecule has 1 fully saturated rings. The maximum Gasteiger partial charge on any atom is 0.137 e. The Balaban J connectivity index is 1.98. The number of carbonyl (C=O) groups is 1. The predicted molar refractivity (Wildman–Crippen MR) is 84.4 cm³/mol. The normalized spacial score (nSPS) is 17.9. The molecule has 2 N–H and O–H groups in total. The van der Waals surface area contributed by atoms with E-state index in [-0.39, 0.29) is 11.2 Å². The van der Waals surface area contributed by atoms with Gasteiger partial charge in [0, 0.05) is 12.8 Å². The fraction of sp³-hybridized carbons (Fsp3) is 0.562. The van der Waals surface area contributed by atoms with Crippen LogP contribution < -0.4 is 5.73 Å². The van der Waals surface area contributed by atoms with Crippen LogP contribution in [-0.4, -0.2) is 12.3 Å². The zero-order valence-corrected chi connectivity index (χ0v) is 13.1. The van der Waals surface area contributed by atoms with Gasteiger partial charge in [0.15, 0.2) is 0 Å². The molecule has 2 rings (SSSR count). The van der Waals surface area contributed by atoms with E-state index >= 15 is 0 Å². The fourth-order valence-corrected chi connectivity index (χ4v) is 3.43. The lowest BCUT2D eigenvalue weighted by Gasteiger charge is -2.35. The Morgan fingerprint density at radius 2 is 1.85 bits per heavy atom. The number of benzene rings is 1. The van der Waals surface area contributed by atoms with Gasteiger partial charge in [-0.3, -0.25) is 4.79 Å². The number of halogens is 2. The van der Waals surface area contributed by atoms with Crippen LogP contribution >= 0.6 is 23.2 Å². The van der Waals surface area contributed by atoms with Crippen molar-refractivity contribution in [3.05, 3.63) is 33.8 Å². The number of carbonyl (C=O) groups excluding carboxylic acids is 1. The first-order chi connectivity index (χ1) is 9.54. The third-order valence-corrected chi connectivity index (χ3v) is 5.04. The quantitative estimate of drug-likeness (QED) is 0.875. The van der Waals surface area contributed by atoms with Gasteiger partial charge >= 0.3 is 0 Å². The minimum Gasteiger partial charge on any atom is -0.330 e. The Hall–Kier alpha value is -0.570. The zero-order chi connectivity index (χ0) is 14.6. The highest BCUT2D eigenvalue weighted by atomic mass is 35.5. The molecule has 20 heavy (non-hydrogen) atoms. The SMILES string of the molecule is NCC1(CC(=O)Cc2ccc(Cl)c(Cl)c2)CCCCC1. The van der Waals surface area contributed by atoms with Crippen molar-refractivity contribution in [2.45, 2.75) is 44.9 Å². The Morgan fingerprint density at radius 1 is 1.15 bits per heavy atom. The Morgan fingerprint density at radius 3 is 2.45 bits per heavy atom. The van der Waals surface area contributed by atoms with Gasteiger partial charge in [-0.25, -0.2) is 0 Å². The van der Waals surface area contributed by atoms with Gasteiger partial charge in [-0.2, -0.15) is 0 Å². The van der Waals surface area contributed by atoms with Crippen LogP contribution in [0.1, 0.15) is 44.1 Å². The van der Waals surface area contributed by atoms with E-state index in [9.17, 15) is 4.79 Å². The van der Waals surface area contributed by atoms with Crippen LogP contribution in [0.15, 0.2) is 18.2 Å². The van der Waals surface area contributed by atoms with Gasteiger partial charge < -0.3 is 5.73 Å². The molecule has 4 heteroatoms. The van der Waals surface area contributed by atoms with E-state index in [1.807, 2.05) is 6.07 Å². The van der Waals surface area contributed by atoms with Crippen molar-refractivity contribution in [1.82, 2.24) is 0 Å². The number of Topliss-reactive ketones (excluding diaryl/α,β-unsaturated/α-hetero) is 1. The van der Waals surface area contributed by atoms with Gasteiger partial charge in [-0.05, 0) is 42.5 Å². The van der Waals surface area contributed by atoms with Gasteiger partial charge in [0.25, 0.3) is 0 Å². The second kappa shape index (κ2) is 6.93. The van der Waals surface area contributed by atoms with E-state index in [0.717, 1.165) is 18.4 Å². The van der Waals surface area contributed by atoms with Gasteiger partial charge in [0.2, 0.25) is 0 Å². The molecule has 0 aromatic heterocycles. The second-order valence-corrected chi connectivity index (χ2v) is 6.72. The molecule has 0 radical (unpaired) electrons. The molecule has 1 aromatic rings. The van der Waals surface area contributed by atoms with Crippen molar-refractivity contribution in [2.75, 3.05) is 6.54 Å². The molecule has 2 nitrogen and oxygen atoms in total. The minimum absolute atomic E-state index is 0.0333. The zero-order valence-electron chi connectivity index (χ0n) is 11.6. The first-order valence-electron chi connectivity index (χ1n) is 7.20. The van der Waals surface area contributed by atoms with Gasteiger partial charge in [-0.1, -0.05) is 48.5 Å². The Labute approximate surface area is 130 Å². The van der Waals surface area contributed by atoms with Crippen LogP contribution in [0.5, 0.6) is 0 Å². The molecular weight excluding hydrogens is 293 g/mol. The summed E-state index contributed by atoms with van der Waals surface area (Å²) in [5.74, 6) is 0.246. The third kappa shape index (κ3) is 3.97. The lowest BCUT2D eigenvalue weighted by Crippen LogP contribution is -2.35. The van der Waals surface area contributed by atoms with E-state index in [1.165, 1.54) is 19.3 Å². The van der Waals surface area contributed by atoms with Crippen molar-refractivity contribution in [3.8, 4) is 0 Å². The number of hydrogen-bond acceptors (Lipinski definition) is 2. The summed E-state index contributed by atoms with van der Waals surface area (Å²) in [5.41, 5.74) is 6.89. The lowest BCUT2D eigenvalue weighted by molar-refractivity contribution is -0.121. The van der Waals surface area contributed by atoms with Crippen molar-refractivity contribution in [2.24, 2.45) is 11.1 Å². The summed E-state index contributed by atoms with van der Waals surface area (Å²) in [7, 11) is 0. The largest absolute Gasteiger partial charge is 0.330 e. The first kappa shape index (κ1) is 15.8. The summed E-state index contributed by atoms with van der Waals surface area (Å²) in [6.07, 6.45) is 6.81. The summed E-state index contributed by atoms with van der Waals surface area (Å²) < 4.78 is 0. The molecule has 1 aliphatic carbocycles. The molecular formula is C16H21Cl2NO. The standard InChI is InChI=1S/C16H21Cl2NO/c17-14-5-4-12(9-15(14)18)8-13(20)10-16(11-19)6-2-1-3-7-16/h4-5,9H,1-3,6-8,10-11,19H2. The van der Waals surface area contributed by atoms with E-state index in [4.69, 9.17) is 28.9 Å². The molecule has 0 amide bonds. The first-order valence-corrected chi connectivity index (χ1v) is 7.96. The average Bonchev–Trinajstić information content (AvgIpc) is 2.44. The maximum absolute atomic E-state index is 12.3. The molecule has 0 atom stereocenters. The van der Waals surface area contributed by atoms with Gasteiger partial charge in [-0.15, -0.1) is 0 Å². The molecule has 0 unspecified atom stereocenters. The third-order valence-electron chi connectivity index (χ3n) is 4.30. The topological polar surface area (TPSA) is 43.1 Å². The molecule has 0 bridgehead atoms. The maximum atomic E-state index is 12.3. The molecule has 1 saturated carbocycles. The number of ketones is 1. The molecule has 0 aliphatic heterocycles. The smallest absolute Gasteiger partial charge is 0.137 e. The van der Waals surface area contributed by atoms with E-state index in [0.29, 0.717) is 29.4 Å². The summed E-state index contributed by atoms with van der Waals surface area (Å²) in [5, 5.41) is 1.02. The number of nitrogens with two attached hydrogens (primary N) is 1. The highest BCUT2D eigenvalue weighted by molar-refractivity contribution is 6.42. The average molecular weight is 314 g/mol. The van der Waals surface area contributed by atoms with Gasteiger partial charge in [0.1, 0.15) is 5.78 Å². The highest BCUT2D eigenvalue weighted by Gasteiger charge is 2.32. The van der Waals surface area contributed by atoms with Crippen molar-refractivity contribution < 1.29 is 4.79 Å². The van der Waals surface area contributed by atoms with Crippen LogP contribution in [0.2, 0.25) is 10.0 Å².